The molecule has 0 saturated carbocycles. The van der Waals surface area contributed by atoms with E-state index in [-0.39, 0.29) is 10.8 Å². The van der Waals surface area contributed by atoms with Gasteiger partial charge in [0.05, 0.1) is 17.2 Å². The zero-order chi connectivity index (χ0) is 19.2. The molecule has 0 aliphatic carbocycles. The number of aryl methyl sites for hydroxylation is 1. The average Bonchev–Trinajstić information content (AvgIpc) is 2.62. The molecule has 0 heterocycles. The van der Waals surface area contributed by atoms with E-state index in [1.54, 1.807) is 30.3 Å². The van der Waals surface area contributed by atoms with Crippen molar-refractivity contribution in [3.63, 3.8) is 0 Å². The third kappa shape index (κ3) is 5.06. The van der Waals surface area contributed by atoms with Gasteiger partial charge in [0.1, 0.15) is 5.75 Å². The highest BCUT2D eigenvalue weighted by molar-refractivity contribution is 7.89. The van der Waals surface area contributed by atoms with E-state index in [0.29, 0.717) is 30.9 Å². The number of amides is 1. The first-order valence-electron chi connectivity index (χ1n) is 8.37. The lowest BCUT2D eigenvalue weighted by Crippen LogP contribution is -2.22. The van der Waals surface area contributed by atoms with Crippen LogP contribution in [-0.2, 0) is 21.2 Å². The molecule has 6 nitrogen and oxygen atoms in total. The number of para-hydroxylation sites is 2. The third-order valence-electron chi connectivity index (χ3n) is 3.80. The number of carbonyl (C=O) groups excluding carboxylic acids is 1. The minimum atomic E-state index is -3.44. The molecule has 0 fully saturated rings. The third-order valence-corrected chi connectivity index (χ3v) is 5.63. The van der Waals surface area contributed by atoms with Crippen molar-refractivity contribution in [2.75, 3.05) is 26.0 Å². The maximum atomic E-state index is 12.2. The maximum Gasteiger partial charge on any atom is 0.242 e. The van der Waals surface area contributed by atoms with Gasteiger partial charge in [0.15, 0.2) is 0 Å². The summed E-state index contributed by atoms with van der Waals surface area (Å²) in [6.45, 7) is 2.41. The summed E-state index contributed by atoms with van der Waals surface area (Å²) in [6, 6.07) is 13.9. The standard InChI is InChI=1S/C19H24N2O4S/c1-4-25-18-8-6-5-7-17(18)20-19(22)14-11-15-9-12-16(13-10-15)26(23,24)21(2)3/h5-10,12-13H,4,11,14H2,1-3H3,(H,20,22). The molecule has 2 aromatic rings. The lowest BCUT2D eigenvalue weighted by Gasteiger charge is -2.12. The van der Waals surface area contributed by atoms with Crippen LogP contribution in [0.5, 0.6) is 5.75 Å². The molecule has 0 bridgehead atoms. The van der Waals surface area contributed by atoms with Crippen LogP contribution in [0.1, 0.15) is 18.9 Å². The molecule has 0 aliphatic rings. The van der Waals surface area contributed by atoms with Crippen LogP contribution in [0.4, 0.5) is 5.69 Å². The summed E-state index contributed by atoms with van der Waals surface area (Å²) in [6.07, 6.45) is 0.811. The Hall–Kier alpha value is -2.38. The zero-order valence-corrected chi connectivity index (χ0v) is 16.0. The molecule has 1 amide bonds. The van der Waals surface area contributed by atoms with E-state index in [2.05, 4.69) is 5.32 Å². The Labute approximate surface area is 154 Å². The molecule has 2 rings (SSSR count). The molecule has 0 aliphatic heterocycles. The van der Waals surface area contributed by atoms with Crippen LogP contribution in [-0.4, -0.2) is 39.3 Å². The van der Waals surface area contributed by atoms with Gasteiger partial charge in [-0.05, 0) is 43.2 Å². The number of rotatable bonds is 8. The monoisotopic (exact) mass is 376 g/mol. The fourth-order valence-corrected chi connectivity index (χ4v) is 3.26. The predicted molar refractivity (Wildman–Crippen MR) is 102 cm³/mol. The number of benzene rings is 2. The number of sulfonamides is 1. The second kappa shape index (κ2) is 8.82. The molecule has 0 saturated heterocycles. The smallest absolute Gasteiger partial charge is 0.242 e. The number of carbonyl (C=O) groups is 1. The van der Waals surface area contributed by atoms with Gasteiger partial charge in [-0.3, -0.25) is 4.79 Å². The molecule has 1 N–H and O–H groups in total. The van der Waals surface area contributed by atoms with Crippen LogP contribution in [0, 0.1) is 0 Å². The van der Waals surface area contributed by atoms with Gasteiger partial charge in [-0.1, -0.05) is 24.3 Å². The van der Waals surface area contributed by atoms with E-state index < -0.39 is 10.0 Å². The van der Waals surface area contributed by atoms with Crippen LogP contribution >= 0.6 is 0 Å². The molecule has 0 radical (unpaired) electrons. The van der Waals surface area contributed by atoms with Gasteiger partial charge in [-0.2, -0.15) is 0 Å². The molecule has 0 unspecified atom stereocenters. The Morgan fingerprint density at radius 1 is 1.08 bits per heavy atom. The number of hydrogen-bond acceptors (Lipinski definition) is 4. The summed E-state index contributed by atoms with van der Waals surface area (Å²) in [5, 5.41) is 2.85. The van der Waals surface area contributed by atoms with Gasteiger partial charge in [0.2, 0.25) is 15.9 Å². The first-order valence-corrected chi connectivity index (χ1v) is 9.81. The van der Waals surface area contributed by atoms with Crippen molar-refractivity contribution in [2.24, 2.45) is 0 Å². The lowest BCUT2D eigenvalue weighted by atomic mass is 10.1. The van der Waals surface area contributed by atoms with Crippen molar-refractivity contribution in [3.05, 3.63) is 54.1 Å². The molecular formula is C19H24N2O4S. The second-order valence-electron chi connectivity index (χ2n) is 5.91. The average molecular weight is 376 g/mol. The van der Waals surface area contributed by atoms with Crippen LogP contribution in [0.25, 0.3) is 0 Å². The number of hydrogen-bond donors (Lipinski definition) is 1. The van der Waals surface area contributed by atoms with E-state index >= 15 is 0 Å². The Kier molecular flexibility index (Phi) is 6.76. The molecule has 140 valence electrons. The highest BCUT2D eigenvalue weighted by Crippen LogP contribution is 2.24. The van der Waals surface area contributed by atoms with Crippen LogP contribution in [0.2, 0.25) is 0 Å². The van der Waals surface area contributed by atoms with E-state index in [4.69, 9.17) is 4.74 Å². The summed E-state index contributed by atoms with van der Waals surface area (Å²) < 4.78 is 30.8. The first kappa shape index (κ1) is 19.9. The minimum Gasteiger partial charge on any atom is -0.492 e. The van der Waals surface area contributed by atoms with Gasteiger partial charge in [-0.25, -0.2) is 12.7 Å². The summed E-state index contributed by atoms with van der Waals surface area (Å²) in [5.74, 6) is 0.517. The SMILES string of the molecule is CCOc1ccccc1NC(=O)CCc1ccc(S(=O)(=O)N(C)C)cc1. The van der Waals surface area contributed by atoms with Gasteiger partial charge in [0, 0.05) is 20.5 Å². The number of ether oxygens (including phenoxy) is 1. The summed E-state index contributed by atoms with van der Waals surface area (Å²) in [5.41, 5.74) is 1.54. The van der Waals surface area contributed by atoms with Crippen molar-refractivity contribution >= 4 is 21.6 Å². The highest BCUT2D eigenvalue weighted by Gasteiger charge is 2.16. The molecule has 0 spiro atoms. The van der Waals surface area contributed by atoms with Crippen molar-refractivity contribution in [2.45, 2.75) is 24.7 Å². The molecule has 26 heavy (non-hydrogen) atoms. The Balaban J connectivity index is 1.96. The van der Waals surface area contributed by atoms with Gasteiger partial charge < -0.3 is 10.1 Å². The first-order chi connectivity index (χ1) is 12.3. The van der Waals surface area contributed by atoms with Crippen molar-refractivity contribution < 1.29 is 17.9 Å². The summed E-state index contributed by atoms with van der Waals surface area (Å²) in [4.78, 5) is 12.4. The van der Waals surface area contributed by atoms with E-state index in [1.807, 2.05) is 25.1 Å². The zero-order valence-electron chi connectivity index (χ0n) is 15.2. The molecule has 0 aromatic heterocycles. The second-order valence-corrected chi connectivity index (χ2v) is 8.06. The maximum absolute atomic E-state index is 12.2. The van der Waals surface area contributed by atoms with E-state index in [1.165, 1.54) is 18.4 Å². The van der Waals surface area contributed by atoms with Crippen molar-refractivity contribution in [1.29, 1.82) is 0 Å². The molecular weight excluding hydrogens is 352 g/mol. The van der Waals surface area contributed by atoms with Crippen molar-refractivity contribution in [3.8, 4) is 5.75 Å². The Morgan fingerprint density at radius 2 is 1.73 bits per heavy atom. The number of nitrogens with one attached hydrogen (secondary N) is 1. The largest absolute Gasteiger partial charge is 0.492 e. The van der Waals surface area contributed by atoms with Crippen LogP contribution < -0.4 is 10.1 Å². The predicted octanol–water partition coefficient (Wildman–Crippen LogP) is 2.91. The minimum absolute atomic E-state index is 0.123. The van der Waals surface area contributed by atoms with Gasteiger partial charge in [0.25, 0.3) is 0 Å². The highest BCUT2D eigenvalue weighted by atomic mass is 32.2. The van der Waals surface area contributed by atoms with Crippen LogP contribution in [0.15, 0.2) is 53.4 Å². The summed E-state index contributed by atoms with van der Waals surface area (Å²) in [7, 11) is -0.448. The van der Waals surface area contributed by atoms with E-state index in [0.717, 1.165) is 5.56 Å². The molecule has 7 heteroatoms. The van der Waals surface area contributed by atoms with Crippen molar-refractivity contribution in [1.82, 2.24) is 4.31 Å². The fourth-order valence-electron chi connectivity index (χ4n) is 2.36. The lowest BCUT2D eigenvalue weighted by molar-refractivity contribution is -0.116. The molecule has 2 aromatic carbocycles. The van der Waals surface area contributed by atoms with Gasteiger partial charge >= 0.3 is 0 Å². The van der Waals surface area contributed by atoms with Gasteiger partial charge in [-0.15, -0.1) is 0 Å². The number of nitrogens with zero attached hydrogens (tertiary/aromatic N) is 1. The Morgan fingerprint density at radius 3 is 2.35 bits per heavy atom. The Bertz CT molecular complexity index is 846. The van der Waals surface area contributed by atoms with E-state index in [9.17, 15) is 13.2 Å². The normalized spacial score (nSPS) is 11.4. The quantitative estimate of drug-likeness (QED) is 0.769. The van der Waals surface area contributed by atoms with Crippen LogP contribution in [0.3, 0.4) is 0 Å². The number of anilines is 1. The topological polar surface area (TPSA) is 75.7 Å². The summed E-state index contributed by atoms with van der Waals surface area (Å²) >= 11 is 0. The molecule has 0 atom stereocenters. The fraction of sp³-hybridized carbons (Fsp3) is 0.316.